The van der Waals surface area contributed by atoms with Crippen LogP contribution in [0.15, 0.2) is 54.7 Å². The van der Waals surface area contributed by atoms with Crippen molar-refractivity contribution in [1.29, 1.82) is 0 Å². The van der Waals surface area contributed by atoms with Crippen LogP contribution in [0.4, 0.5) is 5.69 Å². The Bertz CT molecular complexity index is 1680. The number of carbonyl (C=O) groups excluding carboxylic acids is 4. The van der Waals surface area contributed by atoms with Crippen LogP contribution in [0.2, 0.25) is 0 Å². The number of benzene rings is 1. The van der Waals surface area contributed by atoms with Crippen LogP contribution in [0.25, 0.3) is 16.9 Å². The Balaban J connectivity index is 1.91. The van der Waals surface area contributed by atoms with Crippen LogP contribution >= 0.6 is 0 Å². The largest absolute Gasteiger partial charge is 0.462 e. The van der Waals surface area contributed by atoms with Crippen LogP contribution in [-0.4, -0.2) is 51.0 Å². The number of nitrogens with zero attached hydrogens (tertiary/aromatic N) is 3. The van der Waals surface area contributed by atoms with E-state index in [9.17, 15) is 29.3 Å². The number of hydrogen-bond acceptors (Lipinski definition) is 9. The van der Waals surface area contributed by atoms with Crippen LogP contribution < -0.4 is 0 Å². The number of nitro benzene ring substituents is 1. The first-order valence-corrected chi connectivity index (χ1v) is 11.6. The molecule has 38 heavy (non-hydrogen) atoms. The maximum absolute atomic E-state index is 14.0. The Hall–Kier alpha value is -5.19. The number of aromatic nitrogens is 2. The lowest BCUT2D eigenvalue weighted by atomic mass is 10.0. The maximum Gasteiger partial charge on any atom is 0.341 e. The molecule has 1 aliphatic rings. The molecular formula is C27H19N3O8. The number of pyridine rings is 2. The highest BCUT2D eigenvalue weighted by Crippen LogP contribution is 2.39. The van der Waals surface area contributed by atoms with Crippen molar-refractivity contribution in [2.45, 2.75) is 13.8 Å². The predicted molar refractivity (Wildman–Crippen MR) is 133 cm³/mol. The summed E-state index contributed by atoms with van der Waals surface area (Å²) in [6, 6.07) is 11.0. The highest BCUT2D eigenvalue weighted by Gasteiger charge is 2.38. The monoisotopic (exact) mass is 513 g/mol. The van der Waals surface area contributed by atoms with Crippen molar-refractivity contribution in [3.8, 4) is 11.4 Å². The lowest BCUT2D eigenvalue weighted by Crippen LogP contribution is -2.17. The molecule has 5 rings (SSSR count). The van der Waals surface area contributed by atoms with Gasteiger partial charge in [0.15, 0.2) is 5.78 Å². The van der Waals surface area contributed by atoms with Gasteiger partial charge in [-0.3, -0.25) is 24.7 Å². The highest BCUT2D eigenvalue weighted by molar-refractivity contribution is 6.24. The van der Waals surface area contributed by atoms with Crippen molar-refractivity contribution in [1.82, 2.24) is 9.38 Å². The van der Waals surface area contributed by atoms with Crippen LogP contribution in [0.1, 0.15) is 66.5 Å². The normalized spacial score (nSPS) is 11.7. The molecule has 0 fully saturated rings. The fraction of sp³-hybridized carbons (Fsp3) is 0.148. The number of nitro groups is 1. The molecule has 0 aliphatic heterocycles. The van der Waals surface area contributed by atoms with Crippen molar-refractivity contribution < 1.29 is 33.6 Å². The Morgan fingerprint density at radius 2 is 1.58 bits per heavy atom. The molecule has 0 radical (unpaired) electrons. The molecule has 0 atom stereocenters. The van der Waals surface area contributed by atoms with E-state index in [4.69, 9.17) is 9.47 Å². The lowest BCUT2D eigenvalue weighted by Gasteiger charge is -2.10. The smallest absolute Gasteiger partial charge is 0.341 e. The van der Waals surface area contributed by atoms with Gasteiger partial charge in [-0.15, -0.1) is 0 Å². The van der Waals surface area contributed by atoms with E-state index in [2.05, 4.69) is 4.98 Å². The molecule has 4 aromatic rings. The van der Waals surface area contributed by atoms with E-state index in [1.807, 2.05) is 0 Å². The topological polar surface area (TPSA) is 147 Å². The number of esters is 2. The average molecular weight is 513 g/mol. The van der Waals surface area contributed by atoms with Gasteiger partial charge in [-0.2, -0.15) is 0 Å². The van der Waals surface area contributed by atoms with Crippen molar-refractivity contribution >= 4 is 34.7 Å². The molecule has 190 valence electrons. The molecule has 0 saturated heterocycles. The fourth-order valence-electron chi connectivity index (χ4n) is 4.58. The van der Waals surface area contributed by atoms with Gasteiger partial charge in [0.05, 0.1) is 40.6 Å². The van der Waals surface area contributed by atoms with Crippen molar-refractivity contribution in [2.75, 3.05) is 13.2 Å². The molecule has 3 heterocycles. The van der Waals surface area contributed by atoms with Gasteiger partial charge in [-0.05, 0) is 50.2 Å². The summed E-state index contributed by atoms with van der Waals surface area (Å²) in [5, 5.41) is 11.1. The molecule has 1 aliphatic carbocycles. The second-order valence-electron chi connectivity index (χ2n) is 8.22. The standard InChI is InChI=1S/C27H19N3O8/c1-3-37-26(33)19-18-12-11-17-22(21-16(25(17)32)6-5-13-28-21)29(18)23(20(19)27(34)38-4-2)24(31)14-7-9-15(10-8-14)30(35)36/h5-13H,3-4H2,1-2H3. The first-order chi connectivity index (χ1) is 18.3. The summed E-state index contributed by atoms with van der Waals surface area (Å²) >= 11 is 0. The zero-order valence-electron chi connectivity index (χ0n) is 20.2. The van der Waals surface area contributed by atoms with Gasteiger partial charge in [0.1, 0.15) is 16.8 Å². The molecule has 11 nitrogen and oxygen atoms in total. The molecule has 0 N–H and O–H groups in total. The predicted octanol–water partition coefficient (Wildman–Crippen LogP) is 4.04. The second kappa shape index (κ2) is 9.36. The second-order valence-corrected chi connectivity index (χ2v) is 8.22. The van der Waals surface area contributed by atoms with Gasteiger partial charge in [0.25, 0.3) is 5.69 Å². The van der Waals surface area contributed by atoms with Crippen LogP contribution in [0.5, 0.6) is 0 Å². The van der Waals surface area contributed by atoms with Gasteiger partial charge in [-0.25, -0.2) is 9.59 Å². The van der Waals surface area contributed by atoms with Gasteiger partial charge < -0.3 is 13.9 Å². The third-order valence-electron chi connectivity index (χ3n) is 6.13. The molecule has 0 bridgehead atoms. The minimum absolute atomic E-state index is 0.00210. The van der Waals surface area contributed by atoms with E-state index in [-0.39, 0.29) is 69.5 Å². The quantitative estimate of drug-likeness (QED) is 0.136. The SMILES string of the molecule is CCOC(=O)c1c(C(=O)OCC)c2ccc3c(n2c1C(=O)c1ccc([N+](=O)[O-])cc1)-c1ncccc1C3=O. The van der Waals surface area contributed by atoms with Crippen molar-refractivity contribution in [2.24, 2.45) is 0 Å². The third-order valence-corrected chi connectivity index (χ3v) is 6.13. The summed E-state index contributed by atoms with van der Waals surface area (Å²) in [7, 11) is 0. The molecule has 1 aromatic carbocycles. The van der Waals surface area contributed by atoms with Crippen LogP contribution in [0, 0.1) is 10.1 Å². The summed E-state index contributed by atoms with van der Waals surface area (Å²) in [6.07, 6.45) is 1.49. The summed E-state index contributed by atoms with van der Waals surface area (Å²) in [4.78, 5) is 68.5. The first kappa shape index (κ1) is 24.5. The zero-order chi connectivity index (χ0) is 27.1. The van der Waals surface area contributed by atoms with Gasteiger partial charge in [0, 0.05) is 29.5 Å². The summed E-state index contributed by atoms with van der Waals surface area (Å²) < 4.78 is 11.8. The zero-order valence-corrected chi connectivity index (χ0v) is 20.2. The number of rotatable bonds is 7. The van der Waals surface area contributed by atoms with Gasteiger partial charge in [-0.1, -0.05) is 0 Å². The Morgan fingerprint density at radius 1 is 0.921 bits per heavy atom. The number of carbonyl (C=O) groups is 4. The number of ketones is 2. The number of ether oxygens (including phenoxy) is 2. The van der Waals surface area contributed by atoms with Crippen molar-refractivity contribution in [3.05, 3.63) is 98.4 Å². The average Bonchev–Trinajstić information content (AvgIpc) is 3.41. The van der Waals surface area contributed by atoms with Crippen LogP contribution in [0.3, 0.4) is 0 Å². The number of non-ortho nitro benzene ring substituents is 1. The first-order valence-electron chi connectivity index (χ1n) is 11.6. The van der Waals surface area contributed by atoms with E-state index in [1.165, 1.54) is 34.9 Å². The number of fused-ring (bicyclic) bond motifs is 5. The molecule has 0 unspecified atom stereocenters. The lowest BCUT2D eigenvalue weighted by molar-refractivity contribution is -0.384. The Labute approximate surface area is 214 Å². The van der Waals surface area contributed by atoms with E-state index in [0.717, 1.165) is 12.1 Å². The fourth-order valence-corrected chi connectivity index (χ4v) is 4.58. The summed E-state index contributed by atoms with van der Waals surface area (Å²) in [5.74, 6) is -2.85. The Morgan fingerprint density at radius 3 is 2.21 bits per heavy atom. The molecule has 11 heteroatoms. The molecule has 0 saturated carbocycles. The molecule has 3 aromatic heterocycles. The van der Waals surface area contributed by atoms with Gasteiger partial charge >= 0.3 is 11.9 Å². The minimum Gasteiger partial charge on any atom is -0.462 e. The third kappa shape index (κ3) is 3.63. The summed E-state index contributed by atoms with van der Waals surface area (Å²) in [6.45, 7) is 3.13. The molecular weight excluding hydrogens is 494 g/mol. The molecule has 0 spiro atoms. The minimum atomic E-state index is -0.941. The highest BCUT2D eigenvalue weighted by atomic mass is 16.6. The van der Waals surface area contributed by atoms with E-state index < -0.39 is 22.6 Å². The van der Waals surface area contributed by atoms with Crippen molar-refractivity contribution in [3.63, 3.8) is 0 Å². The maximum atomic E-state index is 14.0. The number of hydrogen-bond donors (Lipinski definition) is 0. The molecule has 0 amide bonds. The van der Waals surface area contributed by atoms with E-state index in [1.54, 1.807) is 26.0 Å². The van der Waals surface area contributed by atoms with E-state index >= 15 is 0 Å². The Kier molecular flexibility index (Phi) is 6.03. The van der Waals surface area contributed by atoms with Gasteiger partial charge in [0.2, 0.25) is 5.78 Å². The summed E-state index contributed by atoms with van der Waals surface area (Å²) in [5.41, 5.74) is 0.168. The van der Waals surface area contributed by atoms with E-state index in [0.29, 0.717) is 5.56 Å². The van der Waals surface area contributed by atoms with Crippen LogP contribution in [-0.2, 0) is 9.47 Å².